The third kappa shape index (κ3) is 1.35. The van der Waals surface area contributed by atoms with Gasteiger partial charge in [-0.15, -0.1) is 12.3 Å². The number of β-amino-alcohol motifs (C(OH)–C–C–N with tert-alkyl or cyclic N) is 1. The van der Waals surface area contributed by atoms with E-state index in [-0.39, 0.29) is 5.60 Å². The van der Waals surface area contributed by atoms with Crippen LogP contribution in [-0.4, -0.2) is 35.2 Å². The molecule has 0 radical (unpaired) electrons. The molecule has 2 fully saturated rings. The van der Waals surface area contributed by atoms with Crippen LogP contribution in [-0.2, 0) is 0 Å². The Morgan fingerprint density at radius 2 is 2.17 bits per heavy atom. The number of likely N-dealkylation sites (tertiary alicyclic amines) is 1. The lowest BCUT2D eigenvalue weighted by Crippen LogP contribution is -2.63. The van der Waals surface area contributed by atoms with Crippen molar-refractivity contribution < 1.29 is 5.11 Å². The van der Waals surface area contributed by atoms with Gasteiger partial charge in [0.05, 0.1) is 5.60 Å². The summed E-state index contributed by atoms with van der Waals surface area (Å²) in [7, 11) is 0. The predicted molar refractivity (Wildman–Crippen MR) is 47.6 cm³/mol. The molecule has 2 aliphatic rings. The summed E-state index contributed by atoms with van der Waals surface area (Å²) in [6.07, 6.45) is 8.41. The van der Waals surface area contributed by atoms with E-state index in [2.05, 4.69) is 10.8 Å². The zero-order chi connectivity index (χ0) is 8.60. The van der Waals surface area contributed by atoms with Gasteiger partial charge in [-0.1, -0.05) is 0 Å². The van der Waals surface area contributed by atoms with E-state index in [9.17, 15) is 5.11 Å². The molecule has 0 aromatic rings. The van der Waals surface area contributed by atoms with E-state index in [1.165, 1.54) is 12.8 Å². The van der Waals surface area contributed by atoms with Gasteiger partial charge < -0.3 is 5.11 Å². The third-order valence-electron chi connectivity index (χ3n) is 2.90. The summed E-state index contributed by atoms with van der Waals surface area (Å²) in [5.74, 6) is 3.21. The predicted octanol–water partition coefficient (Wildman–Crippen LogP) is 0.466. The van der Waals surface area contributed by atoms with Crippen molar-refractivity contribution in [1.29, 1.82) is 0 Å². The van der Waals surface area contributed by atoms with Gasteiger partial charge >= 0.3 is 0 Å². The maximum atomic E-state index is 9.93. The molecule has 0 amide bonds. The van der Waals surface area contributed by atoms with E-state index >= 15 is 0 Å². The standard InChI is InChI=1S/C10H15NO/c1-2-3-6-11-7-10(12,8-11)9-4-5-9/h1,9,12H,3-8H2. The number of hydrogen-bond donors (Lipinski definition) is 1. The minimum Gasteiger partial charge on any atom is -0.387 e. The highest BCUT2D eigenvalue weighted by atomic mass is 16.3. The summed E-state index contributed by atoms with van der Waals surface area (Å²) < 4.78 is 0. The van der Waals surface area contributed by atoms with Gasteiger partial charge in [0.25, 0.3) is 0 Å². The summed E-state index contributed by atoms with van der Waals surface area (Å²) in [6, 6.07) is 0. The molecule has 12 heavy (non-hydrogen) atoms. The smallest absolute Gasteiger partial charge is 0.0928 e. The molecule has 0 spiro atoms. The lowest BCUT2D eigenvalue weighted by molar-refractivity contribution is -0.112. The summed E-state index contributed by atoms with van der Waals surface area (Å²) in [5.41, 5.74) is -0.339. The number of aliphatic hydroxyl groups is 1. The Labute approximate surface area is 73.6 Å². The largest absolute Gasteiger partial charge is 0.387 e. The number of hydrogen-bond acceptors (Lipinski definition) is 2. The van der Waals surface area contributed by atoms with Crippen LogP contribution >= 0.6 is 0 Å². The molecule has 1 N–H and O–H groups in total. The zero-order valence-electron chi connectivity index (χ0n) is 7.29. The van der Waals surface area contributed by atoms with Crippen LogP contribution in [0.4, 0.5) is 0 Å². The lowest BCUT2D eigenvalue weighted by atomic mass is 9.89. The Morgan fingerprint density at radius 1 is 1.50 bits per heavy atom. The van der Waals surface area contributed by atoms with Gasteiger partial charge in [0, 0.05) is 26.1 Å². The molecule has 1 heterocycles. The number of nitrogens with zero attached hydrogens (tertiary/aromatic N) is 1. The molecule has 0 bridgehead atoms. The van der Waals surface area contributed by atoms with Crippen molar-refractivity contribution in [2.75, 3.05) is 19.6 Å². The van der Waals surface area contributed by atoms with Crippen LogP contribution in [0.1, 0.15) is 19.3 Å². The lowest BCUT2D eigenvalue weighted by Gasteiger charge is -2.47. The molecule has 2 nitrogen and oxygen atoms in total. The Balaban J connectivity index is 1.72. The van der Waals surface area contributed by atoms with Crippen LogP contribution in [0.2, 0.25) is 0 Å². The van der Waals surface area contributed by atoms with E-state index in [0.29, 0.717) is 5.92 Å². The maximum absolute atomic E-state index is 9.93. The monoisotopic (exact) mass is 165 g/mol. The molecule has 0 atom stereocenters. The average molecular weight is 165 g/mol. The van der Waals surface area contributed by atoms with Crippen molar-refractivity contribution >= 4 is 0 Å². The summed E-state index contributed by atoms with van der Waals surface area (Å²) in [5, 5.41) is 9.93. The first-order valence-corrected chi connectivity index (χ1v) is 4.63. The van der Waals surface area contributed by atoms with E-state index in [1.54, 1.807) is 0 Å². The molecular weight excluding hydrogens is 150 g/mol. The van der Waals surface area contributed by atoms with Crippen molar-refractivity contribution in [3.63, 3.8) is 0 Å². The van der Waals surface area contributed by atoms with Gasteiger partial charge in [0.1, 0.15) is 0 Å². The molecular formula is C10H15NO. The molecule has 2 heteroatoms. The highest BCUT2D eigenvalue weighted by Crippen LogP contribution is 2.44. The van der Waals surface area contributed by atoms with Gasteiger partial charge in [-0.3, -0.25) is 4.90 Å². The van der Waals surface area contributed by atoms with Crippen LogP contribution in [0.25, 0.3) is 0 Å². The quantitative estimate of drug-likeness (QED) is 0.614. The van der Waals surface area contributed by atoms with Crippen molar-refractivity contribution in [3.05, 3.63) is 0 Å². The Bertz CT molecular complexity index is 208. The minimum atomic E-state index is -0.339. The van der Waals surface area contributed by atoms with E-state index in [1.807, 2.05) is 0 Å². The highest BCUT2D eigenvalue weighted by molar-refractivity contribution is 5.05. The summed E-state index contributed by atoms with van der Waals surface area (Å²) in [4.78, 5) is 2.23. The molecule has 1 aliphatic heterocycles. The van der Waals surface area contributed by atoms with Crippen LogP contribution in [0.3, 0.4) is 0 Å². The molecule has 0 aromatic heterocycles. The van der Waals surface area contributed by atoms with Gasteiger partial charge in [-0.2, -0.15) is 0 Å². The Morgan fingerprint density at radius 3 is 2.67 bits per heavy atom. The van der Waals surface area contributed by atoms with Crippen molar-refractivity contribution in [1.82, 2.24) is 4.90 Å². The Hall–Kier alpha value is -0.520. The van der Waals surface area contributed by atoms with E-state index < -0.39 is 0 Å². The van der Waals surface area contributed by atoms with Gasteiger partial charge in [0.2, 0.25) is 0 Å². The molecule has 1 aliphatic carbocycles. The first-order chi connectivity index (χ1) is 5.74. The van der Waals surface area contributed by atoms with Gasteiger partial charge in [0.15, 0.2) is 0 Å². The minimum absolute atomic E-state index is 0.339. The van der Waals surface area contributed by atoms with Gasteiger partial charge in [-0.05, 0) is 18.8 Å². The Kier molecular flexibility index (Phi) is 1.86. The fourth-order valence-corrected chi connectivity index (χ4v) is 1.99. The van der Waals surface area contributed by atoms with Crippen LogP contribution in [0.15, 0.2) is 0 Å². The van der Waals surface area contributed by atoms with Gasteiger partial charge in [-0.25, -0.2) is 0 Å². The molecule has 0 unspecified atom stereocenters. The fourth-order valence-electron chi connectivity index (χ4n) is 1.99. The van der Waals surface area contributed by atoms with Crippen molar-refractivity contribution in [3.8, 4) is 12.3 Å². The second-order valence-electron chi connectivity index (χ2n) is 4.04. The highest BCUT2D eigenvalue weighted by Gasteiger charge is 2.51. The molecule has 1 saturated carbocycles. The summed E-state index contributed by atoms with van der Waals surface area (Å²) >= 11 is 0. The topological polar surface area (TPSA) is 23.5 Å². The maximum Gasteiger partial charge on any atom is 0.0928 e. The normalized spacial score (nSPS) is 27.7. The molecule has 0 aromatic carbocycles. The van der Waals surface area contributed by atoms with Crippen LogP contribution < -0.4 is 0 Å². The second kappa shape index (κ2) is 2.76. The first kappa shape index (κ1) is 8.10. The average Bonchev–Trinajstić information content (AvgIpc) is 2.77. The number of rotatable bonds is 3. The zero-order valence-corrected chi connectivity index (χ0v) is 7.29. The van der Waals surface area contributed by atoms with E-state index in [0.717, 1.165) is 26.1 Å². The molecule has 2 rings (SSSR count). The van der Waals surface area contributed by atoms with Crippen molar-refractivity contribution in [2.24, 2.45) is 5.92 Å². The second-order valence-corrected chi connectivity index (χ2v) is 4.04. The SMILES string of the molecule is C#CCCN1CC(O)(C2CC2)C1. The number of terminal acetylenes is 1. The van der Waals surface area contributed by atoms with Crippen molar-refractivity contribution in [2.45, 2.75) is 24.9 Å². The first-order valence-electron chi connectivity index (χ1n) is 4.63. The molecule has 1 saturated heterocycles. The molecule has 66 valence electrons. The van der Waals surface area contributed by atoms with E-state index in [4.69, 9.17) is 6.42 Å². The fraction of sp³-hybridized carbons (Fsp3) is 0.800. The summed E-state index contributed by atoms with van der Waals surface area (Å²) in [6.45, 7) is 2.64. The third-order valence-corrected chi connectivity index (χ3v) is 2.90. The van der Waals surface area contributed by atoms with Crippen LogP contribution in [0.5, 0.6) is 0 Å². The van der Waals surface area contributed by atoms with Crippen LogP contribution in [0, 0.1) is 18.3 Å².